The molecule has 0 saturated carbocycles. The lowest BCUT2D eigenvalue weighted by atomic mass is 9.90. The van der Waals surface area contributed by atoms with Crippen molar-refractivity contribution in [1.29, 1.82) is 0 Å². The first kappa shape index (κ1) is 15.4. The van der Waals surface area contributed by atoms with E-state index in [2.05, 4.69) is 5.32 Å². The molecule has 1 aromatic rings. The van der Waals surface area contributed by atoms with Gasteiger partial charge in [0, 0.05) is 25.6 Å². The van der Waals surface area contributed by atoms with E-state index in [4.69, 9.17) is 4.42 Å². The SMILES string of the molecule is CC(CCc1ccco1)NC(=O)N1CCC(C)(C(=O)O)C1. The van der Waals surface area contributed by atoms with Gasteiger partial charge in [-0.3, -0.25) is 4.79 Å². The van der Waals surface area contributed by atoms with E-state index in [1.54, 1.807) is 18.1 Å². The van der Waals surface area contributed by atoms with Gasteiger partial charge in [0.2, 0.25) is 0 Å². The number of hydrogen-bond donors (Lipinski definition) is 2. The molecule has 21 heavy (non-hydrogen) atoms. The maximum atomic E-state index is 12.1. The number of likely N-dealkylation sites (tertiary alicyclic amines) is 1. The molecule has 1 aliphatic heterocycles. The summed E-state index contributed by atoms with van der Waals surface area (Å²) in [4.78, 5) is 24.9. The summed E-state index contributed by atoms with van der Waals surface area (Å²) in [5.41, 5.74) is -0.825. The summed E-state index contributed by atoms with van der Waals surface area (Å²) in [7, 11) is 0. The number of rotatable bonds is 5. The lowest BCUT2D eigenvalue weighted by molar-refractivity contribution is -0.146. The third-order valence-corrected chi connectivity index (χ3v) is 4.05. The van der Waals surface area contributed by atoms with Crippen LogP contribution in [0.3, 0.4) is 0 Å². The first-order valence-corrected chi connectivity index (χ1v) is 7.22. The van der Waals surface area contributed by atoms with Crippen LogP contribution in [0, 0.1) is 5.41 Å². The summed E-state index contributed by atoms with van der Waals surface area (Å²) in [6, 6.07) is 3.58. The van der Waals surface area contributed by atoms with E-state index < -0.39 is 11.4 Å². The number of nitrogens with one attached hydrogen (secondary N) is 1. The lowest BCUT2D eigenvalue weighted by Crippen LogP contribution is -2.44. The van der Waals surface area contributed by atoms with Crippen LogP contribution in [0.5, 0.6) is 0 Å². The number of carbonyl (C=O) groups is 2. The molecule has 0 bridgehead atoms. The van der Waals surface area contributed by atoms with Crippen LogP contribution >= 0.6 is 0 Å². The Hall–Kier alpha value is -1.98. The van der Waals surface area contributed by atoms with E-state index in [1.165, 1.54) is 0 Å². The number of aliphatic carboxylic acids is 1. The van der Waals surface area contributed by atoms with Crippen molar-refractivity contribution in [1.82, 2.24) is 10.2 Å². The van der Waals surface area contributed by atoms with Crippen LogP contribution < -0.4 is 5.32 Å². The quantitative estimate of drug-likeness (QED) is 0.871. The highest BCUT2D eigenvalue weighted by Gasteiger charge is 2.42. The number of carbonyl (C=O) groups excluding carboxylic acids is 1. The highest BCUT2D eigenvalue weighted by Crippen LogP contribution is 2.30. The number of urea groups is 1. The average Bonchev–Trinajstić information content (AvgIpc) is 3.06. The van der Waals surface area contributed by atoms with Crippen LogP contribution in [0.15, 0.2) is 22.8 Å². The Morgan fingerprint density at radius 2 is 2.33 bits per heavy atom. The van der Waals surface area contributed by atoms with Crippen molar-refractivity contribution < 1.29 is 19.1 Å². The topological polar surface area (TPSA) is 82.8 Å². The monoisotopic (exact) mass is 294 g/mol. The molecule has 1 aromatic heterocycles. The molecule has 0 radical (unpaired) electrons. The van der Waals surface area contributed by atoms with Crippen molar-refractivity contribution in [2.45, 2.75) is 39.2 Å². The Balaban J connectivity index is 1.78. The van der Waals surface area contributed by atoms with Crippen molar-refractivity contribution in [3.8, 4) is 0 Å². The fraction of sp³-hybridized carbons (Fsp3) is 0.600. The van der Waals surface area contributed by atoms with Crippen molar-refractivity contribution >= 4 is 12.0 Å². The number of carboxylic acid groups (broad SMARTS) is 1. The third-order valence-electron chi connectivity index (χ3n) is 4.05. The van der Waals surface area contributed by atoms with Gasteiger partial charge in [-0.15, -0.1) is 0 Å². The summed E-state index contributed by atoms with van der Waals surface area (Å²) < 4.78 is 5.25. The molecule has 2 heterocycles. The zero-order valence-electron chi connectivity index (χ0n) is 12.5. The molecule has 0 aliphatic carbocycles. The molecule has 1 fully saturated rings. The van der Waals surface area contributed by atoms with Crippen LogP contribution in [0.4, 0.5) is 4.79 Å². The third kappa shape index (κ3) is 3.77. The molecule has 6 nitrogen and oxygen atoms in total. The maximum Gasteiger partial charge on any atom is 0.317 e. The summed E-state index contributed by atoms with van der Waals surface area (Å²) >= 11 is 0. The Bertz CT molecular complexity index is 500. The highest BCUT2D eigenvalue weighted by atomic mass is 16.4. The molecule has 2 amide bonds. The Kier molecular flexibility index (Phi) is 4.55. The van der Waals surface area contributed by atoms with E-state index in [9.17, 15) is 14.7 Å². The number of nitrogens with zero attached hydrogens (tertiary/aromatic N) is 1. The minimum atomic E-state index is -0.844. The zero-order valence-corrected chi connectivity index (χ0v) is 12.5. The number of aryl methyl sites for hydroxylation is 1. The average molecular weight is 294 g/mol. The van der Waals surface area contributed by atoms with Gasteiger partial charge in [-0.1, -0.05) is 0 Å². The van der Waals surface area contributed by atoms with Crippen LogP contribution in [0.25, 0.3) is 0 Å². The molecule has 1 saturated heterocycles. The predicted octanol–water partition coefficient (Wildman–Crippen LogP) is 2.11. The van der Waals surface area contributed by atoms with E-state index in [0.29, 0.717) is 13.0 Å². The Labute approximate surface area is 124 Å². The van der Waals surface area contributed by atoms with Crippen molar-refractivity contribution in [3.63, 3.8) is 0 Å². The number of hydrogen-bond acceptors (Lipinski definition) is 3. The molecular weight excluding hydrogens is 272 g/mol. The molecule has 6 heteroatoms. The maximum absolute atomic E-state index is 12.1. The molecule has 0 spiro atoms. The summed E-state index contributed by atoms with van der Waals surface area (Å²) in [5.74, 6) is 0.0550. The van der Waals surface area contributed by atoms with E-state index >= 15 is 0 Å². The molecule has 2 rings (SSSR count). The Morgan fingerprint density at radius 1 is 1.57 bits per heavy atom. The molecular formula is C15H22N2O4. The molecule has 2 unspecified atom stereocenters. The summed E-state index contributed by atoms with van der Waals surface area (Å²) in [6.45, 7) is 4.37. The largest absolute Gasteiger partial charge is 0.481 e. The number of carboxylic acids is 1. The van der Waals surface area contributed by atoms with E-state index in [-0.39, 0.29) is 18.6 Å². The second-order valence-electron chi connectivity index (χ2n) is 6.01. The first-order valence-electron chi connectivity index (χ1n) is 7.22. The van der Waals surface area contributed by atoms with Gasteiger partial charge in [-0.2, -0.15) is 0 Å². The minimum Gasteiger partial charge on any atom is -0.481 e. The van der Waals surface area contributed by atoms with E-state index in [1.807, 2.05) is 19.1 Å². The van der Waals surface area contributed by atoms with Gasteiger partial charge >= 0.3 is 12.0 Å². The number of furan rings is 1. The van der Waals surface area contributed by atoms with E-state index in [0.717, 1.165) is 18.6 Å². The summed E-state index contributed by atoms with van der Waals surface area (Å²) in [6.07, 6.45) is 3.68. The van der Waals surface area contributed by atoms with Crippen molar-refractivity contribution in [3.05, 3.63) is 24.2 Å². The van der Waals surface area contributed by atoms with Gasteiger partial charge in [0.1, 0.15) is 5.76 Å². The Morgan fingerprint density at radius 3 is 2.90 bits per heavy atom. The standard InChI is InChI=1S/C15H22N2O4/c1-11(5-6-12-4-3-9-21-12)16-14(20)17-8-7-15(2,10-17)13(18)19/h3-4,9,11H,5-8,10H2,1-2H3,(H,16,20)(H,18,19). The van der Waals surface area contributed by atoms with Crippen molar-refractivity contribution in [2.24, 2.45) is 5.41 Å². The van der Waals surface area contributed by atoms with Gasteiger partial charge in [0.25, 0.3) is 0 Å². The van der Waals surface area contributed by atoms with Crippen LogP contribution in [0.1, 0.15) is 32.4 Å². The lowest BCUT2D eigenvalue weighted by Gasteiger charge is -2.22. The zero-order chi connectivity index (χ0) is 15.5. The highest BCUT2D eigenvalue weighted by molar-refractivity contribution is 5.79. The molecule has 0 aromatic carbocycles. The molecule has 116 valence electrons. The first-order chi connectivity index (χ1) is 9.90. The molecule has 2 N–H and O–H groups in total. The number of amides is 2. The second-order valence-corrected chi connectivity index (χ2v) is 6.01. The van der Waals surface area contributed by atoms with Gasteiger partial charge in [-0.25, -0.2) is 4.79 Å². The second kappa shape index (κ2) is 6.20. The minimum absolute atomic E-state index is 0.0132. The predicted molar refractivity (Wildman–Crippen MR) is 77.0 cm³/mol. The van der Waals surface area contributed by atoms with Gasteiger partial charge in [0.05, 0.1) is 11.7 Å². The van der Waals surface area contributed by atoms with Crippen LogP contribution in [-0.4, -0.2) is 41.1 Å². The molecule has 2 atom stereocenters. The van der Waals surface area contributed by atoms with Gasteiger partial charge < -0.3 is 19.7 Å². The fourth-order valence-electron chi connectivity index (χ4n) is 2.50. The van der Waals surface area contributed by atoms with Gasteiger partial charge in [-0.05, 0) is 38.8 Å². The van der Waals surface area contributed by atoms with Gasteiger partial charge in [0.15, 0.2) is 0 Å². The normalized spacial score (nSPS) is 23.0. The summed E-state index contributed by atoms with van der Waals surface area (Å²) in [5, 5.41) is 12.1. The fourth-order valence-corrected chi connectivity index (χ4v) is 2.50. The van der Waals surface area contributed by atoms with Crippen LogP contribution in [0.2, 0.25) is 0 Å². The van der Waals surface area contributed by atoms with Crippen molar-refractivity contribution in [2.75, 3.05) is 13.1 Å². The molecule has 1 aliphatic rings. The van der Waals surface area contributed by atoms with Crippen LogP contribution in [-0.2, 0) is 11.2 Å². The smallest absolute Gasteiger partial charge is 0.317 e.